The zero-order chi connectivity index (χ0) is 19.0. The van der Waals surface area contributed by atoms with E-state index in [1.165, 1.54) is 11.8 Å². The van der Waals surface area contributed by atoms with Gasteiger partial charge in [0.25, 0.3) is 5.56 Å². The van der Waals surface area contributed by atoms with Crippen LogP contribution < -0.4 is 10.9 Å². The number of hydrogen-bond acceptors (Lipinski definition) is 4. The number of anilines is 1. The minimum atomic E-state index is -0.270. The lowest BCUT2D eigenvalue weighted by molar-refractivity contribution is -0.119. The van der Waals surface area contributed by atoms with Gasteiger partial charge in [0.15, 0.2) is 5.16 Å². The molecule has 1 amide bonds. The van der Waals surface area contributed by atoms with Gasteiger partial charge >= 0.3 is 0 Å². The first kappa shape index (κ1) is 17.8. The quantitative estimate of drug-likeness (QED) is 0.706. The van der Waals surface area contributed by atoms with E-state index in [1.54, 1.807) is 4.57 Å². The van der Waals surface area contributed by atoms with Gasteiger partial charge in [0.2, 0.25) is 5.91 Å². The highest BCUT2D eigenvalue weighted by Gasteiger charge is 2.28. The summed E-state index contributed by atoms with van der Waals surface area (Å²) >= 11 is 1.48. The largest absolute Gasteiger partial charge is 0.325 e. The van der Waals surface area contributed by atoms with Crippen LogP contribution in [0.15, 0.2) is 52.4 Å². The van der Waals surface area contributed by atoms with E-state index in [0.717, 1.165) is 27.7 Å². The zero-order valence-corrected chi connectivity index (χ0v) is 16.2. The highest BCUT2D eigenvalue weighted by Crippen LogP contribution is 2.28. The standard InChI is InChI=1S/C21H21N3O2S/c1-3-16-13(2)22-21-24(20(16)26)11-15(12-27-21)19(25)23-18-10-6-8-14-7-4-5-9-17(14)18/h4-10,15H,3,11-12H2,1-2H3,(H,23,25). The molecule has 0 saturated heterocycles. The molecule has 0 spiro atoms. The van der Waals surface area contributed by atoms with Crippen molar-refractivity contribution in [3.05, 3.63) is 64.1 Å². The number of benzene rings is 2. The number of fused-ring (bicyclic) bond motifs is 2. The summed E-state index contributed by atoms with van der Waals surface area (Å²) in [6.45, 7) is 4.21. The number of nitrogens with zero attached hydrogens (tertiary/aromatic N) is 2. The molecule has 1 aliphatic rings. The van der Waals surface area contributed by atoms with Gasteiger partial charge in [0.1, 0.15) is 0 Å². The van der Waals surface area contributed by atoms with E-state index >= 15 is 0 Å². The smallest absolute Gasteiger partial charge is 0.257 e. The maximum absolute atomic E-state index is 12.9. The first-order valence-corrected chi connectivity index (χ1v) is 10.1. The van der Waals surface area contributed by atoms with Crippen LogP contribution >= 0.6 is 11.8 Å². The van der Waals surface area contributed by atoms with E-state index in [-0.39, 0.29) is 17.4 Å². The number of carbonyl (C=O) groups excluding carboxylic acids is 1. The van der Waals surface area contributed by atoms with Crippen LogP contribution in [0.1, 0.15) is 18.2 Å². The number of carbonyl (C=O) groups is 1. The fraction of sp³-hybridized carbons (Fsp3) is 0.286. The van der Waals surface area contributed by atoms with Crippen molar-refractivity contribution >= 4 is 34.1 Å². The Morgan fingerprint density at radius 3 is 2.85 bits per heavy atom. The predicted molar refractivity (Wildman–Crippen MR) is 109 cm³/mol. The fourth-order valence-corrected chi connectivity index (χ4v) is 4.65. The van der Waals surface area contributed by atoms with Crippen molar-refractivity contribution < 1.29 is 4.79 Å². The molecular formula is C21H21N3O2S. The monoisotopic (exact) mass is 379 g/mol. The summed E-state index contributed by atoms with van der Waals surface area (Å²) in [6.07, 6.45) is 0.648. The number of aryl methyl sites for hydroxylation is 1. The Balaban J connectivity index is 1.60. The summed E-state index contributed by atoms with van der Waals surface area (Å²) in [6, 6.07) is 13.8. The summed E-state index contributed by atoms with van der Waals surface area (Å²) in [4.78, 5) is 30.2. The number of nitrogens with one attached hydrogen (secondary N) is 1. The van der Waals surface area contributed by atoms with Gasteiger partial charge in [-0.1, -0.05) is 55.1 Å². The molecule has 3 aromatic rings. The Labute approximate surface area is 161 Å². The van der Waals surface area contributed by atoms with Crippen molar-refractivity contribution in [2.24, 2.45) is 5.92 Å². The Morgan fingerprint density at radius 1 is 1.26 bits per heavy atom. The molecule has 0 saturated carbocycles. The molecule has 4 rings (SSSR count). The van der Waals surface area contributed by atoms with Crippen LogP contribution in [0.3, 0.4) is 0 Å². The molecule has 1 aromatic heterocycles. The van der Waals surface area contributed by atoms with E-state index in [0.29, 0.717) is 23.9 Å². The molecule has 2 heterocycles. The van der Waals surface area contributed by atoms with Gasteiger partial charge < -0.3 is 5.32 Å². The maximum Gasteiger partial charge on any atom is 0.257 e. The summed E-state index contributed by atoms with van der Waals surface area (Å²) in [5.41, 5.74) is 2.31. The first-order chi connectivity index (χ1) is 13.1. The van der Waals surface area contributed by atoms with Crippen LogP contribution in [0.2, 0.25) is 0 Å². The molecule has 138 valence electrons. The average molecular weight is 379 g/mol. The van der Waals surface area contributed by atoms with Crippen LogP contribution in [-0.2, 0) is 17.8 Å². The van der Waals surface area contributed by atoms with E-state index < -0.39 is 0 Å². The van der Waals surface area contributed by atoms with E-state index in [1.807, 2.05) is 56.3 Å². The van der Waals surface area contributed by atoms with Gasteiger partial charge in [-0.25, -0.2) is 4.98 Å². The van der Waals surface area contributed by atoms with Crippen molar-refractivity contribution in [1.29, 1.82) is 0 Å². The Kier molecular flexibility index (Phi) is 4.74. The second kappa shape index (κ2) is 7.19. The normalized spacial score (nSPS) is 16.1. The van der Waals surface area contributed by atoms with Crippen LogP contribution in [0, 0.1) is 12.8 Å². The van der Waals surface area contributed by atoms with Gasteiger partial charge in [-0.15, -0.1) is 0 Å². The molecule has 1 unspecified atom stereocenters. The third-order valence-electron chi connectivity index (χ3n) is 5.02. The van der Waals surface area contributed by atoms with E-state index in [4.69, 9.17) is 0 Å². The van der Waals surface area contributed by atoms with E-state index in [9.17, 15) is 9.59 Å². The fourth-order valence-electron chi connectivity index (χ4n) is 3.53. The minimum Gasteiger partial charge on any atom is -0.325 e. The number of rotatable bonds is 3. The van der Waals surface area contributed by atoms with E-state index in [2.05, 4.69) is 10.3 Å². The summed E-state index contributed by atoms with van der Waals surface area (Å²) < 4.78 is 1.66. The third-order valence-corrected chi connectivity index (χ3v) is 6.16. The van der Waals surface area contributed by atoms with Crippen LogP contribution in [0.5, 0.6) is 0 Å². The summed E-state index contributed by atoms with van der Waals surface area (Å²) in [7, 11) is 0. The summed E-state index contributed by atoms with van der Waals surface area (Å²) in [5.74, 6) is 0.289. The van der Waals surface area contributed by atoms with Crippen molar-refractivity contribution in [3.8, 4) is 0 Å². The number of hydrogen-bond donors (Lipinski definition) is 1. The van der Waals surface area contributed by atoms with Gasteiger partial charge in [-0.3, -0.25) is 14.2 Å². The molecule has 1 N–H and O–H groups in total. The van der Waals surface area contributed by atoms with Gasteiger partial charge in [-0.2, -0.15) is 0 Å². The number of thioether (sulfide) groups is 1. The molecule has 0 aliphatic carbocycles. The molecule has 27 heavy (non-hydrogen) atoms. The molecule has 0 radical (unpaired) electrons. The van der Waals surface area contributed by atoms with Crippen LogP contribution in [0.25, 0.3) is 10.8 Å². The second-order valence-corrected chi connectivity index (χ2v) is 7.74. The molecule has 2 aromatic carbocycles. The Morgan fingerprint density at radius 2 is 2.04 bits per heavy atom. The van der Waals surface area contributed by atoms with Gasteiger partial charge in [0, 0.05) is 34.6 Å². The summed E-state index contributed by atoms with van der Waals surface area (Å²) in [5, 5.41) is 5.87. The number of aromatic nitrogens is 2. The molecule has 6 heteroatoms. The zero-order valence-electron chi connectivity index (χ0n) is 15.4. The molecule has 1 atom stereocenters. The molecule has 5 nitrogen and oxygen atoms in total. The molecule has 1 aliphatic heterocycles. The first-order valence-electron chi connectivity index (χ1n) is 9.10. The van der Waals surface area contributed by atoms with Crippen molar-refractivity contribution in [2.75, 3.05) is 11.1 Å². The predicted octanol–water partition coefficient (Wildman–Crippen LogP) is 3.63. The Hall–Kier alpha value is -2.60. The van der Waals surface area contributed by atoms with Crippen molar-refractivity contribution in [1.82, 2.24) is 9.55 Å². The molecular weight excluding hydrogens is 358 g/mol. The second-order valence-electron chi connectivity index (χ2n) is 6.75. The molecule has 0 fully saturated rings. The lowest BCUT2D eigenvalue weighted by Crippen LogP contribution is -2.38. The number of amides is 1. The minimum absolute atomic E-state index is 0.0184. The SMILES string of the molecule is CCc1c(C)nc2n(c1=O)CC(C(=O)Nc1cccc3ccccc13)CS2. The lowest BCUT2D eigenvalue weighted by Gasteiger charge is -2.25. The van der Waals surface area contributed by atoms with Crippen LogP contribution in [-0.4, -0.2) is 21.2 Å². The Bertz CT molecular complexity index is 1090. The highest BCUT2D eigenvalue weighted by molar-refractivity contribution is 7.99. The third kappa shape index (κ3) is 3.25. The van der Waals surface area contributed by atoms with Crippen LogP contribution in [0.4, 0.5) is 5.69 Å². The topological polar surface area (TPSA) is 64.0 Å². The molecule has 0 bridgehead atoms. The lowest BCUT2D eigenvalue weighted by atomic mass is 10.1. The maximum atomic E-state index is 12.9. The van der Waals surface area contributed by atoms with Gasteiger partial charge in [-0.05, 0) is 24.8 Å². The average Bonchev–Trinajstić information content (AvgIpc) is 2.68. The van der Waals surface area contributed by atoms with Gasteiger partial charge in [0.05, 0.1) is 5.92 Å². The highest BCUT2D eigenvalue weighted by atomic mass is 32.2. The van der Waals surface area contributed by atoms with Crippen molar-refractivity contribution in [3.63, 3.8) is 0 Å². The van der Waals surface area contributed by atoms with Crippen molar-refractivity contribution in [2.45, 2.75) is 32.0 Å².